The highest BCUT2D eigenvalue weighted by Gasteiger charge is 2.20. The van der Waals surface area contributed by atoms with E-state index >= 15 is 0 Å². The molecule has 1 N–H and O–H groups in total. The molecule has 0 bridgehead atoms. The minimum absolute atomic E-state index is 0.192. The maximum absolute atomic E-state index is 9.10. The molecule has 5 heteroatoms. The first-order valence-corrected chi connectivity index (χ1v) is 7.92. The van der Waals surface area contributed by atoms with Crippen LogP contribution in [0.1, 0.15) is 41.5 Å². The molecule has 0 atom stereocenters. The van der Waals surface area contributed by atoms with Gasteiger partial charge < -0.3 is 9.84 Å². The molecule has 1 aliphatic carbocycles. The van der Waals surface area contributed by atoms with Gasteiger partial charge in [0.1, 0.15) is 0 Å². The van der Waals surface area contributed by atoms with Gasteiger partial charge in [-0.2, -0.15) is 0 Å². The maximum atomic E-state index is 9.10. The van der Waals surface area contributed by atoms with E-state index in [0.717, 1.165) is 13.1 Å². The Labute approximate surface area is 119 Å². The van der Waals surface area contributed by atoms with E-state index in [4.69, 9.17) is 9.84 Å². The molecule has 1 saturated carbocycles. The third kappa shape index (κ3) is 4.53. The first kappa shape index (κ1) is 14.9. The van der Waals surface area contributed by atoms with Crippen molar-refractivity contribution in [2.45, 2.75) is 38.1 Å². The van der Waals surface area contributed by atoms with E-state index in [9.17, 15) is 0 Å². The molecule has 2 rings (SSSR count). The fourth-order valence-corrected chi connectivity index (χ4v) is 3.74. The molecule has 0 aromatic carbocycles. The van der Waals surface area contributed by atoms with E-state index in [-0.39, 0.29) is 6.61 Å². The summed E-state index contributed by atoms with van der Waals surface area (Å²) in [5, 5.41) is 10.4. The Morgan fingerprint density at radius 2 is 2.21 bits per heavy atom. The molecule has 0 unspecified atom stereocenters. The predicted molar refractivity (Wildman–Crippen MR) is 77.6 cm³/mol. The Hall–Kier alpha value is -0.490. The number of thiazole rings is 1. The Morgan fingerprint density at radius 1 is 1.42 bits per heavy atom. The van der Waals surface area contributed by atoms with Gasteiger partial charge in [0.15, 0.2) is 0 Å². The lowest BCUT2D eigenvalue weighted by Gasteiger charge is -2.19. The lowest BCUT2D eigenvalue weighted by Crippen LogP contribution is -2.29. The molecular weight excluding hydrogens is 260 g/mol. The van der Waals surface area contributed by atoms with Gasteiger partial charge in [0.2, 0.25) is 0 Å². The first-order chi connectivity index (χ1) is 9.33. The zero-order chi connectivity index (χ0) is 13.5. The van der Waals surface area contributed by atoms with Crippen molar-refractivity contribution in [1.82, 2.24) is 9.88 Å². The van der Waals surface area contributed by atoms with Crippen LogP contribution >= 0.6 is 11.3 Å². The summed E-state index contributed by atoms with van der Waals surface area (Å²) in [6, 6.07) is 0. The second kappa shape index (κ2) is 7.94. The molecule has 0 radical (unpaired) electrons. The van der Waals surface area contributed by atoms with Crippen LogP contribution in [0.5, 0.6) is 0 Å². The van der Waals surface area contributed by atoms with Crippen LogP contribution in [0.4, 0.5) is 0 Å². The number of hydrogen-bond acceptors (Lipinski definition) is 5. The monoisotopic (exact) mass is 284 g/mol. The molecule has 0 saturated heterocycles. The van der Waals surface area contributed by atoms with Crippen LogP contribution in [-0.4, -0.2) is 48.4 Å². The summed E-state index contributed by atoms with van der Waals surface area (Å²) < 4.78 is 5.11. The third-order valence-electron chi connectivity index (χ3n) is 3.68. The number of aliphatic hydroxyl groups is 1. The maximum Gasteiger partial charge on any atom is 0.0959 e. The minimum Gasteiger partial charge on any atom is -0.395 e. The Morgan fingerprint density at radius 3 is 2.89 bits per heavy atom. The van der Waals surface area contributed by atoms with Crippen molar-refractivity contribution in [2.75, 3.05) is 33.4 Å². The van der Waals surface area contributed by atoms with Crippen molar-refractivity contribution in [3.05, 3.63) is 16.1 Å². The van der Waals surface area contributed by atoms with Crippen LogP contribution in [0.3, 0.4) is 0 Å². The van der Waals surface area contributed by atoms with Gasteiger partial charge in [-0.05, 0) is 12.8 Å². The minimum atomic E-state index is 0.192. The summed E-state index contributed by atoms with van der Waals surface area (Å²) in [5.74, 6) is 0.698. The van der Waals surface area contributed by atoms with Crippen LogP contribution < -0.4 is 0 Å². The molecule has 0 spiro atoms. The van der Waals surface area contributed by atoms with Crippen molar-refractivity contribution in [3.63, 3.8) is 0 Å². The second-order valence-corrected chi connectivity index (χ2v) is 6.29. The van der Waals surface area contributed by atoms with Gasteiger partial charge in [0.25, 0.3) is 0 Å². The molecule has 4 nitrogen and oxygen atoms in total. The smallest absolute Gasteiger partial charge is 0.0959 e. The molecule has 108 valence electrons. The molecule has 1 heterocycles. The van der Waals surface area contributed by atoms with E-state index in [0.29, 0.717) is 19.1 Å². The van der Waals surface area contributed by atoms with Crippen LogP contribution in [-0.2, 0) is 11.3 Å². The lowest BCUT2D eigenvalue weighted by molar-refractivity contribution is 0.127. The molecule has 19 heavy (non-hydrogen) atoms. The number of nitrogens with zero attached hydrogens (tertiary/aromatic N) is 2. The average Bonchev–Trinajstić information content (AvgIpc) is 3.06. The summed E-state index contributed by atoms with van der Waals surface area (Å²) in [5.41, 5.74) is 0. The highest BCUT2D eigenvalue weighted by molar-refractivity contribution is 7.11. The van der Waals surface area contributed by atoms with E-state index in [1.807, 2.05) is 17.5 Å². The lowest BCUT2D eigenvalue weighted by atomic mass is 10.1. The standard InChI is InChI=1S/C14H24N2O2S/c1-18-9-7-16(6-8-17)11-13-10-15-14(19-13)12-4-2-3-5-12/h10,12,17H,2-9,11H2,1H3. The van der Waals surface area contributed by atoms with Crippen molar-refractivity contribution in [2.24, 2.45) is 0 Å². The zero-order valence-corrected chi connectivity index (χ0v) is 12.5. The van der Waals surface area contributed by atoms with Crippen molar-refractivity contribution >= 4 is 11.3 Å². The Bertz CT molecular complexity index is 364. The Balaban J connectivity index is 1.89. The predicted octanol–water partition coefficient (Wildman–Crippen LogP) is 2.24. The summed E-state index contributed by atoms with van der Waals surface area (Å²) in [4.78, 5) is 8.11. The van der Waals surface area contributed by atoms with Gasteiger partial charge in [-0.15, -0.1) is 11.3 Å². The first-order valence-electron chi connectivity index (χ1n) is 7.10. The van der Waals surface area contributed by atoms with Crippen molar-refractivity contribution in [1.29, 1.82) is 0 Å². The van der Waals surface area contributed by atoms with E-state index < -0.39 is 0 Å². The van der Waals surface area contributed by atoms with Crippen LogP contribution in [0.25, 0.3) is 0 Å². The Kier molecular flexibility index (Phi) is 6.23. The molecular formula is C14H24N2O2S. The molecule has 1 aromatic rings. The molecule has 1 aromatic heterocycles. The number of rotatable bonds is 8. The molecule has 1 aliphatic rings. The van der Waals surface area contributed by atoms with Gasteiger partial charge in [0.05, 0.1) is 18.2 Å². The normalized spacial score (nSPS) is 16.6. The van der Waals surface area contributed by atoms with E-state index in [1.54, 1.807) is 7.11 Å². The van der Waals surface area contributed by atoms with Gasteiger partial charge in [-0.25, -0.2) is 4.98 Å². The van der Waals surface area contributed by atoms with Crippen LogP contribution in [0.15, 0.2) is 6.20 Å². The number of aliphatic hydroxyl groups excluding tert-OH is 1. The van der Waals surface area contributed by atoms with Crippen LogP contribution in [0.2, 0.25) is 0 Å². The van der Waals surface area contributed by atoms with Gasteiger partial charge in [-0.3, -0.25) is 4.90 Å². The van der Waals surface area contributed by atoms with Crippen molar-refractivity contribution in [3.8, 4) is 0 Å². The summed E-state index contributed by atoms with van der Waals surface area (Å²) in [6.45, 7) is 3.31. The van der Waals surface area contributed by atoms with Gasteiger partial charge in [0, 0.05) is 43.7 Å². The number of ether oxygens (including phenoxy) is 1. The van der Waals surface area contributed by atoms with Gasteiger partial charge >= 0.3 is 0 Å². The fourth-order valence-electron chi connectivity index (χ4n) is 2.61. The fraction of sp³-hybridized carbons (Fsp3) is 0.786. The zero-order valence-electron chi connectivity index (χ0n) is 11.7. The highest BCUT2D eigenvalue weighted by Crippen LogP contribution is 2.36. The average molecular weight is 284 g/mol. The number of methoxy groups -OCH3 is 1. The van der Waals surface area contributed by atoms with Crippen molar-refractivity contribution < 1.29 is 9.84 Å². The molecule has 1 fully saturated rings. The molecule has 0 aliphatic heterocycles. The highest BCUT2D eigenvalue weighted by atomic mass is 32.1. The van der Waals surface area contributed by atoms with Gasteiger partial charge in [-0.1, -0.05) is 12.8 Å². The van der Waals surface area contributed by atoms with Crippen LogP contribution in [0, 0.1) is 0 Å². The SMILES string of the molecule is COCCN(CCO)Cc1cnc(C2CCCC2)s1. The largest absolute Gasteiger partial charge is 0.395 e. The number of hydrogen-bond donors (Lipinski definition) is 1. The number of aromatic nitrogens is 1. The summed E-state index contributed by atoms with van der Waals surface area (Å²) >= 11 is 1.84. The summed E-state index contributed by atoms with van der Waals surface area (Å²) in [6.07, 6.45) is 7.32. The molecule has 0 amide bonds. The van der Waals surface area contributed by atoms with E-state index in [1.165, 1.54) is 35.6 Å². The topological polar surface area (TPSA) is 45.6 Å². The summed E-state index contributed by atoms with van der Waals surface area (Å²) in [7, 11) is 1.71. The quantitative estimate of drug-likeness (QED) is 0.795. The second-order valence-electron chi connectivity index (χ2n) is 5.14. The van der Waals surface area contributed by atoms with E-state index in [2.05, 4.69) is 9.88 Å². The third-order valence-corrected chi connectivity index (χ3v) is 4.83.